The molecule has 2 heterocycles. The molecular formula is C20H25N3O2S. The highest BCUT2D eigenvalue weighted by atomic mass is 32.1. The van der Waals surface area contributed by atoms with Crippen LogP contribution in [0, 0.1) is 0 Å². The highest BCUT2D eigenvalue weighted by Crippen LogP contribution is 2.22. The lowest BCUT2D eigenvalue weighted by Crippen LogP contribution is -2.34. The van der Waals surface area contributed by atoms with Crippen molar-refractivity contribution >= 4 is 23.2 Å². The van der Waals surface area contributed by atoms with Crippen LogP contribution in [0.1, 0.15) is 39.7 Å². The van der Waals surface area contributed by atoms with Crippen LogP contribution in [0.4, 0.5) is 0 Å². The van der Waals surface area contributed by atoms with Crippen LogP contribution in [0.2, 0.25) is 0 Å². The highest BCUT2D eigenvalue weighted by Gasteiger charge is 2.20. The van der Waals surface area contributed by atoms with Crippen molar-refractivity contribution in [1.29, 1.82) is 0 Å². The molecule has 1 aliphatic heterocycles. The van der Waals surface area contributed by atoms with Crippen LogP contribution in [0.25, 0.3) is 0 Å². The number of carbonyl (C=O) groups excluding carboxylic acids is 2. The molecule has 0 spiro atoms. The number of hydrogen-bond donors (Lipinski definition) is 1. The van der Waals surface area contributed by atoms with Crippen LogP contribution >= 0.6 is 11.3 Å². The van der Waals surface area contributed by atoms with E-state index >= 15 is 0 Å². The lowest BCUT2D eigenvalue weighted by Gasteiger charge is -2.23. The zero-order valence-corrected chi connectivity index (χ0v) is 16.1. The second-order valence-electron chi connectivity index (χ2n) is 6.82. The van der Waals surface area contributed by atoms with Crippen molar-refractivity contribution in [1.82, 2.24) is 15.1 Å². The maximum Gasteiger partial charge on any atom is 0.251 e. The summed E-state index contributed by atoms with van der Waals surface area (Å²) in [6.45, 7) is 2.02. The third-order valence-corrected chi connectivity index (χ3v) is 5.69. The average molecular weight is 372 g/mol. The van der Waals surface area contributed by atoms with Crippen molar-refractivity contribution < 1.29 is 9.59 Å². The number of benzene rings is 1. The smallest absolute Gasteiger partial charge is 0.251 e. The van der Waals surface area contributed by atoms with Crippen LogP contribution < -0.4 is 5.32 Å². The largest absolute Gasteiger partial charge is 0.350 e. The maximum atomic E-state index is 12.5. The quantitative estimate of drug-likeness (QED) is 0.814. The van der Waals surface area contributed by atoms with Gasteiger partial charge in [0.15, 0.2) is 0 Å². The summed E-state index contributed by atoms with van der Waals surface area (Å²) >= 11 is 1.70. The van der Waals surface area contributed by atoms with Gasteiger partial charge in [0.2, 0.25) is 5.91 Å². The van der Waals surface area contributed by atoms with Gasteiger partial charge in [-0.15, -0.1) is 11.3 Å². The van der Waals surface area contributed by atoms with Crippen LogP contribution in [-0.4, -0.2) is 48.8 Å². The van der Waals surface area contributed by atoms with E-state index in [2.05, 4.69) is 21.7 Å². The molecule has 0 radical (unpaired) electrons. The van der Waals surface area contributed by atoms with Crippen molar-refractivity contribution in [3.05, 3.63) is 57.8 Å². The van der Waals surface area contributed by atoms with Gasteiger partial charge in [-0.25, -0.2) is 0 Å². The highest BCUT2D eigenvalue weighted by molar-refractivity contribution is 7.10. The van der Waals surface area contributed by atoms with E-state index in [0.717, 1.165) is 18.5 Å². The molecule has 2 amide bonds. The number of likely N-dealkylation sites (N-methyl/N-ethyl adjacent to an activating group) is 1. The van der Waals surface area contributed by atoms with Gasteiger partial charge in [0.25, 0.3) is 5.91 Å². The van der Waals surface area contributed by atoms with E-state index in [4.69, 9.17) is 0 Å². The number of thiophene rings is 1. The number of hydrogen-bond acceptors (Lipinski definition) is 4. The first-order chi connectivity index (χ1) is 12.5. The standard InChI is InChI=1S/C20H25N3O2S/c1-22(2)17(18-5-4-12-26-18)13-21-20(25)16-9-7-15(8-10-16)14-23-11-3-6-19(23)24/h4-5,7-10,12,17H,3,6,11,13-14H2,1-2H3,(H,21,25). The number of amides is 2. The Labute approximate surface area is 158 Å². The molecule has 1 aromatic carbocycles. The van der Waals surface area contributed by atoms with Crippen LogP contribution in [-0.2, 0) is 11.3 Å². The molecule has 0 bridgehead atoms. The number of nitrogens with one attached hydrogen (secondary N) is 1. The van der Waals surface area contributed by atoms with Crippen molar-refractivity contribution in [3.8, 4) is 0 Å². The number of carbonyl (C=O) groups is 2. The molecular weight excluding hydrogens is 346 g/mol. The molecule has 3 rings (SSSR count). The number of rotatable bonds is 7. The van der Waals surface area contributed by atoms with Gasteiger partial charge in [-0.1, -0.05) is 18.2 Å². The first kappa shape index (κ1) is 18.6. The van der Waals surface area contributed by atoms with E-state index in [1.807, 2.05) is 49.3 Å². The Morgan fingerprint density at radius 2 is 2.04 bits per heavy atom. The third-order valence-electron chi connectivity index (χ3n) is 4.71. The van der Waals surface area contributed by atoms with E-state index in [0.29, 0.717) is 25.1 Å². The van der Waals surface area contributed by atoms with Crippen LogP contribution in [0.5, 0.6) is 0 Å². The third kappa shape index (κ3) is 4.51. The van der Waals surface area contributed by atoms with Crippen molar-refractivity contribution in [2.24, 2.45) is 0 Å². The summed E-state index contributed by atoms with van der Waals surface area (Å²) in [4.78, 5) is 29.4. The van der Waals surface area contributed by atoms with E-state index < -0.39 is 0 Å². The van der Waals surface area contributed by atoms with Crippen molar-refractivity contribution in [2.45, 2.75) is 25.4 Å². The van der Waals surface area contributed by atoms with Crippen molar-refractivity contribution in [3.63, 3.8) is 0 Å². The van der Waals surface area contributed by atoms with Crippen LogP contribution in [0.3, 0.4) is 0 Å². The normalized spacial score (nSPS) is 15.5. The molecule has 1 saturated heterocycles. The Kier molecular flexibility index (Phi) is 6.06. The van der Waals surface area contributed by atoms with E-state index in [9.17, 15) is 9.59 Å². The molecule has 26 heavy (non-hydrogen) atoms. The first-order valence-electron chi connectivity index (χ1n) is 8.89. The summed E-state index contributed by atoms with van der Waals surface area (Å²) in [5.41, 5.74) is 1.70. The minimum atomic E-state index is -0.0720. The molecule has 1 aromatic heterocycles. The zero-order valence-electron chi connectivity index (χ0n) is 15.3. The molecule has 2 aromatic rings. The van der Waals surface area contributed by atoms with Gasteiger partial charge in [0, 0.05) is 36.5 Å². The van der Waals surface area contributed by atoms with Gasteiger partial charge in [0.05, 0.1) is 6.04 Å². The lowest BCUT2D eigenvalue weighted by atomic mass is 10.1. The average Bonchev–Trinajstić information content (AvgIpc) is 3.28. The van der Waals surface area contributed by atoms with Gasteiger partial charge >= 0.3 is 0 Å². The Morgan fingerprint density at radius 3 is 2.62 bits per heavy atom. The predicted molar refractivity (Wildman–Crippen MR) is 104 cm³/mol. The summed E-state index contributed by atoms with van der Waals surface area (Å²) in [5.74, 6) is 0.146. The Morgan fingerprint density at radius 1 is 1.27 bits per heavy atom. The summed E-state index contributed by atoms with van der Waals surface area (Å²) in [5, 5.41) is 5.08. The molecule has 1 atom stereocenters. The van der Waals surface area contributed by atoms with E-state index in [1.54, 1.807) is 11.3 Å². The summed E-state index contributed by atoms with van der Waals surface area (Å²) in [6, 6.07) is 11.8. The molecule has 0 saturated carbocycles. The predicted octanol–water partition coefficient (Wildman–Crippen LogP) is 2.90. The Balaban J connectivity index is 1.56. The van der Waals surface area contributed by atoms with Gasteiger partial charge in [0.1, 0.15) is 0 Å². The number of likely N-dealkylation sites (tertiary alicyclic amines) is 1. The Bertz CT molecular complexity index is 741. The second-order valence-corrected chi connectivity index (χ2v) is 7.80. The second kappa shape index (κ2) is 8.47. The molecule has 1 fully saturated rings. The SMILES string of the molecule is CN(C)C(CNC(=O)c1ccc(CN2CCCC2=O)cc1)c1cccs1. The minimum absolute atomic E-state index is 0.0720. The molecule has 6 heteroatoms. The van der Waals surface area contributed by atoms with Gasteiger partial charge in [-0.2, -0.15) is 0 Å². The fourth-order valence-electron chi connectivity index (χ4n) is 3.16. The lowest BCUT2D eigenvalue weighted by molar-refractivity contribution is -0.128. The van der Waals surface area contributed by atoms with Crippen molar-refractivity contribution in [2.75, 3.05) is 27.2 Å². The molecule has 138 valence electrons. The number of nitrogens with zero attached hydrogens (tertiary/aromatic N) is 2. The van der Waals surface area contributed by atoms with E-state index in [1.165, 1.54) is 4.88 Å². The monoisotopic (exact) mass is 371 g/mol. The maximum absolute atomic E-state index is 12.5. The fourth-order valence-corrected chi connectivity index (χ4v) is 4.09. The molecule has 1 N–H and O–H groups in total. The molecule has 5 nitrogen and oxygen atoms in total. The fraction of sp³-hybridized carbons (Fsp3) is 0.400. The van der Waals surface area contributed by atoms with Gasteiger partial charge in [-0.3, -0.25) is 9.59 Å². The summed E-state index contributed by atoms with van der Waals surface area (Å²) < 4.78 is 0. The molecule has 1 aliphatic rings. The topological polar surface area (TPSA) is 52.7 Å². The van der Waals surface area contributed by atoms with Gasteiger partial charge < -0.3 is 15.1 Å². The van der Waals surface area contributed by atoms with E-state index in [-0.39, 0.29) is 17.9 Å². The van der Waals surface area contributed by atoms with Crippen LogP contribution in [0.15, 0.2) is 41.8 Å². The minimum Gasteiger partial charge on any atom is -0.350 e. The van der Waals surface area contributed by atoms with Gasteiger partial charge in [-0.05, 0) is 49.7 Å². The summed E-state index contributed by atoms with van der Waals surface area (Å²) in [7, 11) is 4.04. The molecule has 1 unspecified atom stereocenters. The summed E-state index contributed by atoms with van der Waals surface area (Å²) in [6.07, 6.45) is 1.59. The zero-order chi connectivity index (χ0) is 18.5. The first-order valence-corrected chi connectivity index (χ1v) is 9.77. The molecule has 0 aliphatic carbocycles. The Hall–Kier alpha value is -2.18.